The minimum absolute atomic E-state index is 0.0760. The maximum atomic E-state index is 14.4. The SMILES string of the molecule is O=S1(=O)N(CCC2CNCCO2)c2ccccc2N1c1c(F)cc(F)cc1F. The van der Waals surface area contributed by atoms with E-state index in [0.29, 0.717) is 41.7 Å². The molecule has 4 rings (SSSR count). The van der Waals surface area contributed by atoms with Crippen LogP contribution >= 0.6 is 0 Å². The Balaban J connectivity index is 1.73. The van der Waals surface area contributed by atoms with Gasteiger partial charge in [-0.2, -0.15) is 8.42 Å². The van der Waals surface area contributed by atoms with Crippen LogP contribution in [0.4, 0.5) is 30.2 Å². The number of para-hydroxylation sites is 2. The van der Waals surface area contributed by atoms with Crippen molar-refractivity contribution in [3.05, 3.63) is 53.8 Å². The molecular weight excluding hydrogens is 395 g/mol. The van der Waals surface area contributed by atoms with Crippen molar-refractivity contribution in [2.45, 2.75) is 12.5 Å². The fourth-order valence-electron chi connectivity index (χ4n) is 3.46. The molecule has 6 nitrogen and oxygen atoms in total. The molecule has 0 radical (unpaired) electrons. The van der Waals surface area contributed by atoms with Gasteiger partial charge in [-0.25, -0.2) is 17.5 Å². The van der Waals surface area contributed by atoms with Gasteiger partial charge in [0.05, 0.1) is 24.1 Å². The Labute approximate surface area is 160 Å². The first-order valence-electron chi connectivity index (χ1n) is 8.78. The molecule has 0 bridgehead atoms. The largest absolute Gasteiger partial charge is 0.376 e. The Hall–Kier alpha value is -2.30. The number of fused-ring (bicyclic) bond motifs is 1. The van der Waals surface area contributed by atoms with Gasteiger partial charge in [0, 0.05) is 31.8 Å². The van der Waals surface area contributed by atoms with Crippen LogP contribution in [-0.2, 0) is 14.9 Å². The Morgan fingerprint density at radius 2 is 1.79 bits per heavy atom. The van der Waals surface area contributed by atoms with Crippen molar-refractivity contribution in [3.63, 3.8) is 0 Å². The van der Waals surface area contributed by atoms with Crippen LogP contribution in [0.25, 0.3) is 0 Å². The highest BCUT2D eigenvalue weighted by atomic mass is 32.2. The molecule has 1 N–H and O–H groups in total. The zero-order valence-electron chi connectivity index (χ0n) is 14.7. The standard InChI is InChI=1S/C18H18F3N3O3S/c19-12-9-14(20)18(15(21)10-12)24-17-4-2-1-3-16(17)23(28(24,25)26)7-5-13-11-22-6-8-27-13/h1-4,9-10,13,22H,5-8,11H2. The van der Waals surface area contributed by atoms with Crippen molar-refractivity contribution in [3.8, 4) is 0 Å². The number of anilines is 3. The number of nitrogens with one attached hydrogen (secondary N) is 1. The van der Waals surface area contributed by atoms with Crippen LogP contribution in [-0.4, -0.2) is 40.8 Å². The van der Waals surface area contributed by atoms with Gasteiger partial charge < -0.3 is 10.1 Å². The van der Waals surface area contributed by atoms with Crippen LogP contribution in [0.5, 0.6) is 0 Å². The highest BCUT2D eigenvalue weighted by molar-refractivity contribution is 7.95. The molecule has 0 aliphatic carbocycles. The van der Waals surface area contributed by atoms with Gasteiger partial charge in [-0.3, -0.25) is 4.31 Å². The number of hydrogen-bond donors (Lipinski definition) is 1. The first kappa shape index (κ1) is 19.0. The maximum Gasteiger partial charge on any atom is 0.331 e. The topological polar surface area (TPSA) is 61.9 Å². The zero-order valence-corrected chi connectivity index (χ0v) is 15.6. The zero-order chi connectivity index (χ0) is 19.9. The van der Waals surface area contributed by atoms with Gasteiger partial charge >= 0.3 is 10.2 Å². The van der Waals surface area contributed by atoms with Crippen molar-refractivity contribution in [2.75, 3.05) is 34.9 Å². The smallest absolute Gasteiger partial charge is 0.331 e. The molecule has 1 atom stereocenters. The van der Waals surface area contributed by atoms with Crippen LogP contribution in [0.3, 0.4) is 0 Å². The third-order valence-corrected chi connectivity index (χ3v) is 6.50. The predicted molar refractivity (Wildman–Crippen MR) is 98.4 cm³/mol. The predicted octanol–water partition coefficient (Wildman–Crippen LogP) is 2.69. The molecule has 2 aromatic carbocycles. The lowest BCUT2D eigenvalue weighted by molar-refractivity contribution is 0.0254. The molecule has 0 aromatic heterocycles. The number of benzene rings is 2. The van der Waals surface area contributed by atoms with Crippen LogP contribution < -0.4 is 13.9 Å². The summed E-state index contributed by atoms with van der Waals surface area (Å²) in [4.78, 5) is 0. The fraction of sp³-hybridized carbons (Fsp3) is 0.333. The molecule has 1 fully saturated rings. The van der Waals surface area contributed by atoms with Gasteiger partial charge in [0.15, 0.2) is 11.6 Å². The van der Waals surface area contributed by atoms with E-state index in [1.807, 2.05) is 0 Å². The summed E-state index contributed by atoms with van der Waals surface area (Å²) in [5.41, 5.74) is -0.420. The quantitative estimate of drug-likeness (QED) is 0.837. The summed E-state index contributed by atoms with van der Waals surface area (Å²) in [5.74, 6) is -3.71. The summed E-state index contributed by atoms with van der Waals surface area (Å²) >= 11 is 0. The van der Waals surface area contributed by atoms with Gasteiger partial charge in [-0.05, 0) is 18.6 Å². The maximum absolute atomic E-state index is 14.4. The molecule has 150 valence electrons. The molecular formula is C18H18F3N3O3S. The molecule has 0 saturated carbocycles. The third-order valence-electron chi connectivity index (χ3n) is 4.72. The summed E-state index contributed by atoms with van der Waals surface area (Å²) in [6, 6.07) is 7.14. The summed E-state index contributed by atoms with van der Waals surface area (Å²) < 4.78 is 75.7. The van der Waals surface area contributed by atoms with E-state index in [1.54, 1.807) is 18.2 Å². The van der Waals surface area contributed by atoms with Crippen molar-refractivity contribution < 1.29 is 26.3 Å². The second-order valence-electron chi connectivity index (χ2n) is 6.54. The van der Waals surface area contributed by atoms with E-state index in [2.05, 4.69) is 5.32 Å². The molecule has 2 heterocycles. The normalized spacial score (nSPS) is 21.0. The second-order valence-corrected chi connectivity index (χ2v) is 8.24. The monoisotopic (exact) mass is 413 g/mol. The van der Waals surface area contributed by atoms with Crippen LogP contribution in [0.15, 0.2) is 36.4 Å². The highest BCUT2D eigenvalue weighted by Gasteiger charge is 2.43. The van der Waals surface area contributed by atoms with E-state index in [-0.39, 0.29) is 18.3 Å². The average molecular weight is 413 g/mol. The minimum atomic E-state index is -4.31. The summed E-state index contributed by atoms with van der Waals surface area (Å²) in [6.07, 6.45) is 0.243. The molecule has 2 aromatic rings. The Kier molecular flexibility index (Phi) is 4.94. The number of halogens is 3. The number of morpholine rings is 1. The van der Waals surface area contributed by atoms with Gasteiger partial charge in [0.1, 0.15) is 11.5 Å². The highest BCUT2D eigenvalue weighted by Crippen LogP contribution is 2.46. The molecule has 2 aliphatic rings. The van der Waals surface area contributed by atoms with E-state index in [4.69, 9.17) is 4.74 Å². The van der Waals surface area contributed by atoms with Gasteiger partial charge in [-0.1, -0.05) is 12.1 Å². The summed E-state index contributed by atoms with van der Waals surface area (Å²) in [5, 5.41) is 3.17. The Bertz CT molecular complexity index is 974. The van der Waals surface area contributed by atoms with Gasteiger partial charge in [0.25, 0.3) is 0 Å². The molecule has 28 heavy (non-hydrogen) atoms. The van der Waals surface area contributed by atoms with Crippen molar-refractivity contribution in [1.82, 2.24) is 5.32 Å². The first-order valence-corrected chi connectivity index (χ1v) is 10.2. The third kappa shape index (κ3) is 3.21. The van der Waals surface area contributed by atoms with Crippen molar-refractivity contribution >= 4 is 27.3 Å². The fourth-order valence-corrected chi connectivity index (χ4v) is 5.20. The van der Waals surface area contributed by atoms with Gasteiger partial charge in [0.2, 0.25) is 0 Å². The number of ether oxygens (including phenoxy) is 1. The minimum Gasteiger partial charge on any atom is -0.376 e. The van der Waals surface area contributed by atoms with E-state index in [0.717, 1.165) is 10.8 Å². The van der Waals surface area contributed by atoms with Crippen LogP contribution in [0.1, 0.15) is 6.42 Å². The number of nitrogens with zero attached hydrogens (tertiary/aromatic N) is 2. The van der Waals surface area contributed by atoms with Crippen LogP contribution in [0, 0.1) is 17.5 Å². The van der Waals surface area contributed by atoms with E-state index in [9.17, 15) is 21.6 Å². The lowest BCUT2D eigenvalue weighted by atomic mass is 10.2. The molecule has 0 amide bonds. The van der Waals surface area contributed by atoms with Crippen LogP contribution in [0.2, 0.25) is 0 Å². The summed E-state index contributed by atoms with van der Waals surface area (Å²) in [7, 11) is -4.31. The second kappa shape index (κ2) is 7.26. The van der Waals surface area contributed by atoms with E-state index < -0.39 is 33.3 Å². The van der Waals surface area contributed by atoms with Crippen molar-refractivity contribution in [2.24, 2.45) is 0 Å². The molecule has 0 spiro atoms. The van der Waals surface area contributed by atoms with Gasteiger partial charge in [-0.15, -0.1) is 0 Å². The summed E-state index contributed by atoms with van der Waals surface area (Å²) in [6.45, 7) is 1.94. The average Bonchev–Trinajstić information content (AvgIpc) is 2.87. The van der Waals surface area contributed by atoms with E-state index >= 15 is 0 Å². The lowest BCUT2D eigenvalue weighted by Crippen LogP contribution is -2.42. The Morgan fingerprint density at radius 3 is 2.43 bits per heavy atom. The van der Waals surface area contributed by atoms with Crippen molar-refractivity contribution in [1.29, 1.82) is 0 Å². The van der Waals surface area contributed by atoms with E-state index in [1.165, 1.54) is 6.07 Å². The molecule has 1 unspecified atom stereocenters. The lowest BCUT2D eigenvalue weighted by Gasteiger charge is -2.27. The molecule has 1 saturated heterocycles. The number of rotatable bonds is 4. The Morgan fingerprint density at radius 1 is 1.11 bits per heavy atom. The molecule has 2 aliphatic heterocycles. The number of hydrogen-bond acceptors (Lipinski definition) is 4. The molecule has 10 heteroatoms. The first-order chi connectivity index (χ1) is 13.4.